The predicted octanol–water partition coefficient (Wildman–Crippen LogP) is 4.44. The summed E-state index contributed by atoms with van der Waals surface area (Å²) in [5, 5.41) is 0.635. The Labute approximate surface area is 148 Å². The fraction of sp³-hybridized carbons (Fsp3) is 0.368. The zero-order valence-corrected chi connectivity index (χ0v) is 15.1. The van der Waals surface area contributed by atoms with E-state index in [1.807, 2.05) is 50.2 Å². The first kappa shape index (κ1) is 18.4. The Morgan fingerprint density at radius 1 is 0.833 bits per heavy atom. The molecule has 0 aromatic heterocycles. The molecule has 0 N–H and O–H groups in total. The SMILES string of the molecule is COc1ccc(OCCOCCOc2c(C)cc(C)cc2Cl)cc1. The summed E-state index contributed by atoms with van der Waals surface area (Å²) in [4.78, 5) is 0. The summed E-state index contributed by atoms with van der Waals surface area (Å²) < 4.78 is 21.9. The number of ether oxygens (including phenoxy) is 4. The third kappa shape index (κ3) is 5.62. The van der Waals surface area contributed by atoms with Gasteiger partial charge in [-0.25, -0.2) is 0 Å². The summed E-state index contributed by atoms with van der Waals surface area (Å²) in [6.45, 7) is 5.90. The molecule has 4 nitrogen and oxygen atoms in total. The highest BCUT2D eigenvalue weighted by Crippen LogP contribution is 2.29. The van der Waals surface area contributed by atoms with Gasteiger partial charge in [-0.3, -0.25) is 0 Å². The van der Waals surface area contributed by atoms with Crippen molar-refractivity contribution in [3.8, 4) is 17.2 Å². The van der Waals surface area contributed by atoms with Crippen LogP contribution in [0.4, 0.5) is 0 Å². The monoisotopic (exact) mass is 350 g/mol. The molecule has 0 bridgehead atoms. The highest BCUT2D eigenvalue weighted by molar-refractivity contribution is 6.32. The van der Waals surface area contributed by atoms with E-state index in [4.69, 9.17) is 30.5 Å². The number of rotatable bonds is 9. The number of methoxy groups -OCH3 is 1. The first-order chi connectivity index (χ1) is 11.6. The summed E-state index contributed by atoms with van der Waals surface area (Å²) in [6.07, 6.45) is 0. The van der Waals surface area contributed by atoms with Gasteiger partial charge in [-0.2, -0.15) is 0 Å². The molecule has 2 aromatic rings. The van der Waals surface area contributed by atoms with Crippen LogP contribution in [0.15, 0.2) is 36.4 Å². The Bertz CT molecular complexity index is 617. The first-order valence-electron chi connectivity index (χ1n) is 7.84. The third-order valence-electron chi connectivity index (χ3n) is 3.40. The lowest BCUT2D eigenvalue weighted by molar-refractivity contribution is 0.0763. The first-order valence-corrected chi connectivity index (χ1v) is 8.22. The normalized spacial score (nSPS) is 10.5. The van der Waals surface area contributed by atoms with Gasteiger partial charge in [0.15, 0.2) is 0 Å². The summed E-state index contributed by atoms with van der Waals surface area (Å²) in [6, 6.07) is 11.4. The predicted molar refractivity (Wildman–Crippen MR) is 95.7 cm³/mol. The lowest BCUT2D eigenvalue weighted by atomic mass is 10.1. The molecule has 0 fully saturated rings. The maximum atomic E-state index is 6.19. The van der Waals surface area contributed by atoms with Crippen LogP contribution in [0.3, 0.4) is 0 Å². The Morgan fingerprint density at radius 2 is 1.46 bits per heavy atom. The highest BCUT2D eigenvalue weighted by atomic mass is 35.5. The highest BCUT2D eigenvalue weighted by Gasteiger charge is 2.06. The van der Waals surface area contributed by atoms with Crippen molar-refractivity contribution in [2.45, 2.75) is 13.8 Å². The van der Waals surface area contributed by atoms with Gasteiger partial charge >= 0.3 is 0 Å². The number of hydrogen-bond acceptors (Lipinski definition) is 4. The van der Waals surface area contributed by atoms with Crippen molar-refractivity contribution in [3.05, 3.63) is 52.5 Å². The molecular weight excluding hydrogens is 328 g/mol. The molecule has 2 rings (SSSR count). The average Bonchev–Trinajstić information content (AvgIpc) is 2.56. The number of benzene rings is 2. The second kappa shape index (κ2) is 9.40. The molecule has 130 valence electrons. The molecule has 0 amide bonds. The molecule has 0 saturated heterocycles. The topological polar surface area (TPSA) is 36.9 Å². The van der Waals surface area contributed by atoms with Crippen LogP contribution in [0.1, 0.15) is 11.1 Å². The zero-order chi connectivity index (χ0) is 17.4. The van der Waals surface area contributed by atoms with Gasteiger partial charge in [0.1, 0.15) is 30.5 Å². The second-order valence-corrected chi connectivity index (χ2v) is 5.78. The van der Waals surface area contributed by atoms with Crippen molar-refractivity contribution in [2.75, 3.05) is 33.5 Å². The Hall–Kier alpha value is -1.91. The average molecular weight is 351 g/mol. The van der Waals surface area contributed by atoms with E-state index >= 15 is 0 Å². The standard InChI is InChI=1S/C19H23ClO4/c1-14-12-15(2)19(18(20)13-14)24-11-9-22-8-10-23-17-6-4-16(21-3)5-7-17/h4-7,12-13H,8-11H2,1-3H3. The molecule has 0 aliphatic rings. The zero-order valence-electron chi connectivity index (χ0n) is 14.3. The van der Waals surface area contributed by atoms with Crippen molar-refractivity contribution < 1.29 is 18.9 Å². The van der Waals surface area contributed by atoms with Gasteiger partial charge in [-0.15, -0.1) is 0 Å². The van der Waals surface area contributed by atoms with Crippen LogP contribution >= 0.6 is 11.6 Å². The van der Waals surface area contributed by atoms with Crippen LogP contribution in [0.5, 0.6) is 17.2 Å². The van der Waals surface area contributed by atoms with Gasteiger partial charge in [0, 0.05) is 0 Å². The van der Waals surface area contributed by atoms with E-state index in [0.29, 0.717) is 31.5 Å². The van der Waals surface area contributed by atoms with E-state index in [9.17, 15) is 0 Å². The fourth-order valence-corrected chi connectivity index (χ4v) is 2.66. The second-order valence-electron chi connectivity index (χ2n) is 5.38. The maximum absolute atomic E-state index is 6.19. The minimum Gasteiger partial charge on any atom is -0.497 e. The molecular formula is C19H23ClO4. The van der Waals surface area contributed by atoms with Crippen molar-refractivity contribution in [3.63, 3.8) is 0 Å². The lowest BCUT2D eigenvalue weighted by Gasteiger charge is -2.12. The number of hydrogen-bond donors (Lipinski definition) is 0. The van der Waals surface area contributed by atoms with E-state index in [-0.39, 0.29) is 0 Å². The van der Waals surface area contributed by atoms with E-state index in [1.165, 1.54) is 0 Å². The van der Waals surface area contributed by atoms with Gasteiger partial charge in [-0.1, -0.05) is 17.7 Å². The van der Waals surface area contributed by atoms with Crippen LogP contribution < -0.4 is 14.2 Å². The van der Waals surface area contributed by atoms with E-state index in [0.717, 1.165) is 28.4 Å². The molecule has 0 radical (unpaired) electrons. The Kier molecular flexibility index (Phi) is 7.22. The van der Waals surface area contributed by atoms with Crippen LogP contribution in [0.2, 0.25) is 5.02 Å². The van der Waals surface area contributed by atoms with Crippen molar-refractivity contribution >= 4 is 11.6 Å². The summed E-state index contributed by atoms with van der Waals surface area (Å²) in [5.74, 6) is 2.32. The molecule has 2 aromatic carbocycles. The van der Waals surface area contributed by atoms with Crippen molar-refractivity contribution in [1.82, 2.24) is 0 Å². The van der Waals surface area contributed by atoms with Crippen molar-refractivity contribution in [2.24, 2.45) is 0 Å². The van der Waals surface area contributed by atoms with Gasteiger partial charge in [0.2, 0.25) is 0 Å². The van der Waals surface area contributed by atoms with Crippen LogP contribution in [0, 0.1) is 13.8 Å². The quantitative estimate of drug-likeness (QED) is 0.626. The minimum absolute atomic E-state index is 0.451. The fourth-order valence-electron chi connectivity index (χ4n) is 2.28. The maximum Gasteiger partial charge on any atom is 0.140 e. The molecule has 0 spiro atoms. The number of halogens is 1. The Morgan fingerprint density at radius 3 is 2.08 bits per heavy atom. The molecule has 24 heavy (non-hydrogen) atoms. The van der Waals surface area contributed by atoms with E-state index in [1.54, 1.807) is 7.11 Å². The molecule has 0 aliphatic heterocycles. The molecule has 0 aliphatic carbocycles. The third-order valence-corrected chi connectivity index (χ3v) is 3.68. The molecule has 0 unspecified atom stereocenters. The molecule has 0 saturated carbocycles. The number of aryl methyl sites for hydroxylation is 2. The summed E-state index contributed by atoms with van der Waals surface area (Å²) in [5.41, 5.74) is 2.15. The van der Waals surface area contributed by atoms with Gasteiger partial charge < -0.3 is 18.9 Å². The molecule has 0 heterocycles. The molecule has 0 atom stereocenters. The van der Waals surface area contributed by atoms with Gasteiger partial charge in [0.25, 0.3) is 0 Å². The van der Waals surface area contributed by atoms with Gasteiger partial charge in [-0.05, 0) is 55.3 Å². The van der Waals surface area contributed by atoms with Crippen molar-refractivity contribution in [1.29, 1.82) is 0 Å². The summed E-state index contributed by atoms with van der Waals surface area (Å²) >= 11 is 6.19. The minimum atomic E-state index is 0.451. The largest absolute Gasteiger partial charge is 0.497 e. The van der Waals surface area contributed by atoms with E-state index in [2.05, 4.69) is 0 Å². The van der Waals surface area contributed by atoms with Crippen LogP contribution in [-0.2, 0) is 4.74 Å². The lowest BCUT2D eigenvalue weighted by Crippen LogP contribution is -2.12. The van der Waals surface area contributed by atoms with Gasteiger partial charge in [0.05, 0.1) is 25.3 Å². The summed E-state index contributed by atoms with van der Waals surface area (Å²) in [7, 11) is 1.64. The smallest absolute Gasteiger partial charge is 0.140 e. The van der Waals surface area contributed by atoms with Crippen LogP contribution in [0.25, 0.3) is 0 Å². The van der Waals surface area contributed by atoms with E-state index < -0.39 is 0 Å². The Balaban J connectivity index is 1.61. The molecule has 5 heteroatoms. The van der Waals surface area contributed by atoms with Crippen LogP contribution in [-0.4, -0.2) is 33.5 Å².